The van der Waals surface area contributed by atoms with Crippen molar-refractivity contribution < 1.29 is 5.11 Å². The van der Waals surface area contributed by atoms with Crippen molar-refractivity contribution in [2.75, 3.05) is 0 Å². The average Bonchev–Trinajstić information content (AvgIpc) is 2.85. The smallest absolute Gasteiger partial charge is 0.115 e. The molecule has 0 amide bonds. The third-order valence-electron chi connectivity index (χ3n) is 3.56. The zero-order valence-electron chi connectivity index (χ0n) is 12.0. The number of aromatic nitrogens is 2. The van der Waals surface area contributed by atoms with E-state index >= 15 is 0 Å². The van der Waals surface area contributed by atoms with Crippen LogP contribution in [0.15, 0.2) is 60.7 Å². The third kappa shape index (κ3) is 2.82. The van der Waals surface area contributed by atoms with E-state index in [1.165, 1.54) is 0 Å². The highest BCUT2D eigenvalue weighted by Gasteiger charge is 2.09. The van der Waals surface area contributed by atoms with Crippen molar-refractivity contribution in [3.63, 3.8) is 0 Å². The highest BCUT2D eigenvalue weighted by Crippen LogP contribution is 2.19. The monoisotopic (exact) mass is 278 g/mol. The maximum atomic E-state index is 9.38. The molecule has 3 aromatic rings. The van der Waals surface area contributed by atoms with Gasteiger partial charge in [0.15, 0.2) is 0 Å². The summed E-state index contributed by atoms with van der Waals surface area (Å²) in [4.78, 5) is 4.75. The molecule has 0 saturated heterocycles. The molecule has 0 aliphatic heterocycles. The number of hydrogen-bond acceptors (Lipinski definition) is 2. The molecule has 0 saturated carbocycles. The van der Waals surface area contributed by atoms with Crippen molar-refractivity contribution >= 4 is 11.0 Å². The second kappa shape index (κ2) is 5.83. The Bertz CT molecular complexity index is 770. The van der Waals surface area contributed by atoms with Crippen LogP contribution in [0.4, 0.5) is 0 Å². The minimum atomic E-state index is 0.293. The molecule has 2 aromatic carbocycles. The van der Waals surface area contributed by atoms with Crippen molar-refractivity contribution in [2.45, 2.75) is 19.9 Å². The predicted octanol–water partition coefficient (Wildman–Crippen LogP) is 3.91. The Morgan fingerprint density at radius 3 is 2.62 bits per heavy atom. The summed E-state index contributed by atoms with van der Waals surface area (Å²) < 4.78 is 2.24. The van der Waals surface area contributed by atoms with Gasteiger partial charge in [-0.1, -0.05) is 36.4 Å². The average molecular weight is 278 g/mol. The van der Waals surface area contributed by atoms with Gasteiger partial charge in [0.2, 0.25) is 0 Å². The Labute approximate surface area is 124 Å². The summed E-state index contributed by atoms with van der Waals surface area (Å²) >= 11 is 0. The fraction of sp³-hybridized carbons (Fsp3) is 0.167. The van der Waals surface area contributed by atoms with E-state index in [0.29, 0.717) is 5.75 Å². The number of phenols is 1. The number of benzene rings is 2. The van der Waals surface area contributed by atoms with Crippen molar-refractivity contribution in [1.82, 2.24) is 9.55 Å². The first-order valence-corrected chi connectivity index (χ1v) is 7.11. The Morgan fingerprint density at radius 1 is 1.10 bits per heavy atom. The minimum Gasteiger partial charge on any atom is -0.508 e. The molecule has 21 heavy (non-hydrogen) atoms. The molecule has 0 spiro atoms. The lowest BCUT2D eigenvalue weighted by Crippen LogP contribution is -2.03. The number of rotatable bonds is 4. The Balaban J connectivity index is 2.01. The van der Waals surface area contributed by atoms with Crippen LogP contribution in [0, 0.1) is 0 Å². The van der Waals surface area contributed by atoms with E-state index in [-0.39, 0.29) is 0 Å². The van der Waals surface area contributed by atoms with Gasteiger partial charge in [-0.2, -0.15) is 0 Å². The van der Waals surface area contributed by atoms with E-state index in [4.69, 9.17) is 4.98 Å². The topological polar surface area (TPSA) is 38.0 Å². The Morgan fingerprint density at radius 2 is 1.86 bits per heavy atom. The van der Waals surface area contributed by atoms with Gasteiger partial charge in [-0.05, 0) is 36.8 Å². The van der Waals surface area contributed by atoms with E-state index < -0.39 is 0 Å². The SMILES string of the molecule is C/C=C/Cn1c(Cc2ccc(O)cc2)nc2ccccc21. The maximum Gasteiger partial charge on any atom is 0.115 e. The summed E-state index contributed by atoms with van der Waals surface area (Å²) in [6.45, 7) is 2.85. The number of para-hydroxylation sites is 2. The van der Waals surface area contributed by atoms with Gasteiger partial charge >= 0.3 is 0 Å². The number of imidazole rings is 1. The number of fused-ring (bicyclic) bond motifs is 1. The van der Waals surface area contributed by atoms with Crippen molar-refractivity contribution in [3.8, 4) is 5.75 Å². The predicted molar refractivity (Wildman–Crippen MR) is 85.5 cm³/mol. The first-order chi connectivity index (χ1) is 10.3. The lowest BCUT2D eigenvalue weighted by atomic mass is 10.1. The van der Waals surface area contributed by atoms with Crippen molar-refractivity contribution in [2.24, 2.45) is 0 Å². The lowest BCUT2D eigenvalue weighted by Gasteiger charge is -2.07. The summed E-state index contributed by atoms with van der Waals surface area (Å²) in [5, 5.41) is 9.38. The van der Waals surface area contributed by atoms with Crippen LogP contribution in [-0.2, 0) is 13.0 Å². The molecular formula is C18H18N2O. The minimum absolute atomic E-state index is 0.293. The van der Waals surface area contributed by atoms with Gasteiger partial charge in [-0.15, -0.1) is 0 Å². The molecule has 0 radical (unpaired) electrons. The van der Waals surface area contributed by atoms with Crippen molar-refractivity contribution in [1.29, 1.82) is 0 Å². The summed E-state index contributed by atoms with van der Waals surface area (Å²) in [7, 11) is 0. The third-order valence-corrected chi connectivity index (χ3v) is 3.56. The van der Waals surface area contributed by atoms with Crippen LogP contribution in [0.3, 0.4) is 0 Å². The molecule has 1 heterocycles. The first kappa shape index (κ1) is 13.4. The molecule has 0 aliphatic carbocycles. The van der Waals surface area contributed by atoms with Crippen LogP contribution in [0.1, 0.15) is 18.3 Å². The molecule has 0 bridgehead atoms. The molecule has 1 N–H and O–H groups in total. The van der Waals surface area contributed by atoms with Crippen LogP contribution < -0.4 is 0 Å². The summed E-state index contributed by atoms with van der Waals surface area (Å²) in [6, 6.07) is 15.5. The zero-order valence-corrected chi connectivity index (χ0v) is 12.0. The summed E-state index contributed by atoms with van der Waals surface area (Å²) in [5.41, 5.74) is 3.32. The van der Waals surface area contributed by atoms with E-state index in [2.05, 4.69) is 22.8 Å². The van der Waals surface area contributed by atoms with Gasteiger partial charge in [0, 0.05) is 13.0 Å². The number of hydrogen-bond donors (Lipinski definition) is 1. The number of nitrogens with zero attached hydrogens (tertiary/aromatic N) is 2. The van der Waals surface area contributed by atoms with Crippen LogP contribution in [0.25, 0.3) is 11.0 Å². The molecule has 0 atom stereocenters. The molecule has 1 aromatic heterocycles. The van der Waals surface area contributed by atoms with Crippen LogP contribution in [-0.4, -0.2) is 14.7 Å². The second-order valence-corrected chi connectivity index (χ2v) is 5.04. The van der Waals surface area contributed by atoms with Crippen LogP contribution >= 0.6 is 0 Å². The molecule has 3 nitrogen and oxygen atoms in total. The standard InChI is InChI=1S/C18H18N2O/c1-2-3-12-20-17-7-5-4-6-16(17)19-18(20)13-14-8-10-15(21)11-9-14/h2-11,21H,12-13H2,1H3/b3-2+. The quantitative estimate of drug-likeness (QED) is 0.735. The van der Waals surface area contributed by atoms with E-state index in [0.717, 1.165) is 35.4 Å². The van der Waals surface area contributed by atoms with Crippen LogP contribution in [0.2, 0.25) is 0 Å². The number of allylic oxidation sites excluding steroid dienone is 2. The van der Waals surface area contributed by atoms with Gasteiger partial charge in [0.25, 0.3) is 0 Å². The largest absolute Gasteiger partial charge is 0.508 e. The van der Waals surface area contributed by atoms with Gasteiger partial charge < -0.3 is 9.67 Å². The lowest BCUT2D eigenvalue weighted by molar-refractivity contribution is 0.475. The summed E-state index contributed by atoms with van der Waals surface area (Å²) in [5.74, 6) is 1.33. The molecule has 3 heteroatoms. The molecule has 106 valence electrons. The second-order valence-electron chi connectivity index (χ2n) is 5.04. The molecule has 3 rings (SSSR count). The number of phenolic OH excluding ortho intramolecular Hbond substituents is 1. The highest BCUT2D eigenvalue weighted by molar-refractivity contribution is 5.76. The van der Waals surface area contributed by atoms with E-state index in [9.17, 15) is 5.11 Å². The van der Waals surface area contributed by atoms with Gasteiger partial charge in [0.1, 0.15) is 11.6 Å². The van der Waals surface area contributed by atoms with Crippen LogP contribution in [0.5, 0.6) is 5.75 Å². The normalized spacial score (nSPS) is 11.5. The van der Waals surface area contributed by atoms with E-state index in [1.807, 2.05) is 37.3 Å². The maximum absolute atomic E-state index is 9.38. The van der Waals surface area contributed by atoms with Crippen molar-refractivity contribution in [3.05, 3.63) is 72.1 Å². The van der Waals surface area contributed by atoms with Gasteiger partial charge in [-0.25, -0.2) is 4.98 Å². The van der Waals surface area contributed by atoms with Gasteiger partial charge in [-0.3, -0.25) is 0 Å². The molecule has 0 fully saturated rings. The Hall–Kier alpha value is -2.55. The number of aromatic hydroxyl groups is 1. The van der Waals surface area contributed by atoms with Gasteiger partial charge in [0.05, 0.1) is 11.0 Å². The summed E-state index contributed by atoms with van der Waals surface area (Å²) in [6.07, 6.45) is 4.94. The molecule has 0 aliphatic rings. The molecule has 0 unspecified atom stereocenters. The Kier molecular flexibility index (Phi) is 3.73. The fourth-order valence-electron chi connectivity index (χ4n) is 2.47. The van der Waals surface area contributed by atoms with E-state index in [1.54, 1.807) is 12.1 Å². The highest BCUT2D eigenvalue weighted by atomic mass is 16.3. The molecular weight excluding hydrogens is 260 g/mol. The fourth-order valence-corrected chi connectivity index (χ4v) is 2.47. The first-order valence-electron chi connectivity index (χ1n) is 7.11. The zero-order chi connectivity index (χ0) is 14.7.